The van der Waals surface area contributed by atoms with Crippen LogP contribution in [0.15, 0.2) is 42.5 Å². The van der Waals surface area contributed by atoms with Crippen molar-refractivity contribution in [1.29, 1.82) is 0 Å². The van der Waals surface area contributed by atoms with Gasteiger partial charge in [0.25, 0.3) is 5.91 Å². The monoisotopic (exact) mass is 473 g/mol. The van der Waals surface area contributed by atoms with Crippen molar-refractivity contribution in [1.82, 2.24) is 10.2 Å². The quantitative estimate of drug-likeness (QED) is 0.591. The molecule has 178 valence electrons. The molecule has 1 atom stereocenters. The van der Waals surface area contributed by atoms with Crippen molar-refractivity contribution in [2.75, 3.05) is 18.4 Å². The van der Waals surface area contributed by atoms with Gasteiger partial charge in [0.2, 0.25) is 5.91 Å². The topological polar surface area (TPSA) is 87.7 Å². The van der Waals surface area contributed by atoms with Crippen LogP contribution in [0.4, 0.5) is 10.5 Å². The third-order valence-corrected chi connectivity index (χ3v) is 5.27. The summed E-state index contributed by atoms with van der Waals surface area (Å²) in [6.45, 7) is 10.7. The lowest BCUT2D eigenvalue weighted by Crippen LogP contribution is -2.46. The average Bonchev–Trinajstić information content (AvgIpc) is 2.72. The third kappa shape index (κ3) is 7.22. The van der Waals surface area contributed by atoms with E-state index in [9.17, 15) is 14.4 Å². The van der Waals surface area contributed by atoms with E-state index in [1.807, 2.05) is 44.2 Å². The maximum absolute atomic E-state index is 13.5. The van der Waals surface area contributed by atoms with Gasteiger partial charge in [0, 0.05) is 6.54 Å². The summed E-state index contributed by atoms with van der Waals surface area (Å²) in [6.07, 6.45) is -0.699. The fourth-order valence-electron chi connectivity index (χ4n) is 3.39. The summed E-state index contributed by atoms with van der Waals surface area (Å²) in [4.78, 5) is 40.1. The molecule has 0 saturated heterocycles. The number of ether oxygens (including phenoxy) is 1. The van der Waals surface area contributed by atoms with Crippen molar-refractivity contribution in [2.45, 2.75) is 53.2 Å². The number of halogens is 1. The Bertz CT molecular complexity index is 997. The van der Waals surface area contributed by atoms with Gasteiger partial charge in [-0.1, -0.05) is 48.0 Å². The number of hydrogen-bond acceptors (Lipinski definition) is 4. The molecule has 2 aromatic rings. The van der Waals surface area contributed by atoms with Crippen molar-refractivity contribution >= 4 is 35.2 Å². The van der Waals surface area contributed by atoms with E-state index in [0.717, 1.165) is 11.1 Å². The number of amides is 3. The number of carbonyl (C=O) groups excluding carboxylic acids is 3. The summed E-state index contributed by atoms with van der Waals surface area (Å²) >= 11 is 6.31. The molecule has 0 aliphatic heterocycles. The number of nitrogens with zero attached hydrogens (tertiary/aromatic N) is 1. The minimum absolute atomic E-state index is 0.253. The second kappa shape index (κ2) is 11.2. The van der Waals surface area contributed by atoms with Crippen molar-refractivity contribution < 1.29 is 19.1 Å². The number of anilines is 1. The summed E-state index contributed by atoms with van der Waals surface area (Å²) in [5.74, 6) is -0.810. The Kier molecular flexibility index (Phi) is 8.88. The predicted octanol–water partition coefficient (Wildman–Crippen LogP) is 5.01. The lowest BCUT2D eigenvalue weighted by molar-refractivity contribution is -0.138. The van der Waals surface area contributed by atoms with Gasteiger partial charge >= 0.3 is 6.09 Å². The SMILES string of the molecule is CCN(C(=O)CNC(=O)OC(C)(C)C)C(C(=O)Nc1c(C)cccc1Cl)c1ccccc1C. The van der Waals surface area contributed by atoms with Crippen LogP contribution in [0.2, 0.25) is 5.02 Å². The maximum atomic E-state index is 13.5. The summed E-state index contributed by atoms with van der Waals surface area (Å²) in [6, 6.07) is 11.8. The van der Waals surface area contributed by atoms with Crippen LogP contribution in [0, 0.1) is 13.8 Å². The summed E-state index contributed by atoms with van der Waals surface area (Å²) in [5.41, 5.74) is 2.17. The molecule has 2 aromatic carbocycles. The maximum Gasteiger partial charge on any atom is 0.408 e. The molecule has 1 unspecified atom stereocenters. The van der Waals surface area contributed by atoms with Gasteiger partial charge in [-0.05, 0) is 64.3 Å². The second-order valence-electron chi connectivity index (χ2n) is 8.72. The van der Waals surface area contributed by atoms with Gasteiger partial charge in [-0.2, -0.15) is 0 Å². The number of rotatable bonds is 7. The van der Waals surface area contributed by atoms with Crippen LogP contribution in [0.25, 0.3) is 0 Å². The molecule has 2 rings (SSSR count). The smallest absolute Gasteiger partial charge is 0.408 e. The Morgan fingerprint density at radius 2 is 1.67 bits per heavy atom. The number of aryl methyl sites for hydroxylation is 2. The molecule has 0 saturated carbocycles. The number of nitrogens with one attached hydrogen (secondary N) is 2. The molecule has 0 heterocycles. The summed E-state index contributed by atoms with van der Waals surface area (Å²) < 4.78 is 5.20. The van der Waals surface area contributed by atoms with Crippen LogP contribution in [-0.4, -0.2) is 41.5 Å². The van der Waals surface area contributed by atoms with Crippen LogP contribution in [0.5, 0.6) is 0 Å². The largest absolute Gasteiger partial charge is 0.444 e. The zero-order chi connectivity index (χ0) is 24.8. The molecule has 0 aromatic heterocycles. The average molecular weight is 474 g/mol. The van der Waals surface area contributed by atoms with Crippen LogP contribution in [-0.2, 0) is 14.3 Å². The molecule has 0 spiro atoms. The molecule has 0 fully saturated rings. The highest BCUT2D eigenvalue weighted by Crippen LogP contribution is 2.30. The minimum atomic E-state index is -0.917. The molecule has 3 amide bonds. The number of alkyl carbamates (subject to hydrolysis) is 1. The zero-order valence-electron chi connectivity index (χ0n) is 20.0. The van der Waals surface area contributed by atoms with E-state index in [4.69, 9.17) is 16.3 Å². The summed E-state index contributed by atoms with van der Waals surface area (Å²) in [7, 11) is 0. The van der Waals surface area contributed by atoms with E-state index >= 15 is 0 Å². The first-order chi connectivity index (χ1) is 15.4. The third-order valence-electron chi connectivity index (χ3n) is 4.96. The lowest BCUT2D eigenvalue weighted by atomic mass is 9.98. The minimum Gasteiger partial charge on any atom is -0.444 e. The van der Waals surface area contributed by atoms with E-state index in [2.05, 4.69) is 10.6 Å². The molecule has 0 aliphatic carbocycles. The van der Waals surface area contributed by atoms with Crippen LogP contribution in [0.1, 0.15) is 50.4 Å². The van der Waals surface area contributed by atoms with Crippen molar-refractivity contribution in [3.05, 3.63) is 64.2 Å². The van der Waals surface area contributed by atoms with Crippen molar-refractivity contribution in [2.24, 2.45) is 0 Å². The standard InChI is InChI=1S/C25H32ClN3O4/c1-7-29(20(30)15-27-24(32)33-25(4,5)6)22(18-13-9-8-11-16(18)2)23(31)28-21-17(3)12-10-14-19(21)26/h8-14,22H,7,15H2,1-6H3,(H,27,32)(H,28,31). The first-order valence-corrected chi connectivity index (χ1v) is 11.2. The van der Waals surface area contributed by atoms with Crippen molar-refractivity contribution in [3.8, 4) is 0 Å². The Hall–Kier alpha value is -3.06. The zero-order valence-corrected chi connectivity index (χ0v) is 20.7. The highest BCUT2D eigenvalue weighted by molar-refractivity contribution is 6.34. The molecule has 0 radical (unpaired) electrons. The molecule has 0 aliphatic rings. The van der Waals surface area contributed by atoms with Crippen molar-refractivity contribution in [3.63, 3.8) is 0 Å². The predicted molar refractivity (Wildman–Crippen MR) is 130 cm³/mol. The number of likely N-dealkylation sites (N-methyl/N-ethyl adjacent to an activating group) is 1. The number of hydrogen-bond donors (Lipinski definition) is 2. The van der Waals surface area contributed by atoms with Crippen LogP contribution < -0.4 is 10.6 Å². The van der Waals surface area contributed by atoms with Crippen LogP contribution in [0.3, 0.4) is 0 Å². The van der Waals surface area contributed by atoms with Gasteiger partial charge in [-0.25, -0.2) is 4.79 Å². The molecular formula is C25H32ClN3O4. The molecule has 7 nitrogen and oxygen atoms in total. The number of para-hydroxylation sites is 1. The normalized spacial score (nSPS) is 12.0. The number of carbonyl (C=O) groups is 3. The van der Waals surface area contributed by atoms with E-state index in [1.165, 1.54) is 4.90 Å². The molecule has 0 bridgehead atoms. The van der Waals surface area contributed by atoms with Gasteiger partial charge in [0.05, 0.1) is 10.7 Å². The van der Waals surface area contributed by atoms with Gasteiger partial charge in [0.1, 0.15) is 18.2 Å². The first-order valence-electron chi connectivity index (χ1n) is 10.8. The van der Waals surface area contributed by atoms with E-state index in [0.29, 0.717) is 16.3 Å². The van der Waals surface area contributed by atoms with Crippen LogP contribution >= 0.6 is 11.6 Å². The Morgan fingerprint density at radius 1 is 1.03 bits per heavy atom. The Labute approximate surface area is 200 Å². The summed E-state index contributed by atoms with van der Waals surface area (Å²) in [5, 5.41) is 5.78. The van der Waals surface area contributed by atoms with E-state index < -0.39 is 29.6 Å². The van der Waals surface area contributed by atoms with Gasteiger partial charge in [-0.3, -0.25) is 9.59 Å². The highest BCUT2D eigenvalue weighted by Gasteiger charge is 2.32. The Balaban J connectivity index is 2.34. The highest BCUT2D eigenvalue weighted by atomic mass is 35.5. The molecule has 8 heteroatoms. The fourth-order valence-corrected chi connectivity index (χ4v) is 3.66. The fraction of sp³-hybridized carbons (Fsp3) is 0.400. The molecule has 33 heavy (non-hydrogen) atoms. The first kappa shape index (κ1) is 26.2. The van der Waals surface area contributed by atoms with Gasteiger partial charge in [-0.15, -0.1) is 0 Å². The van der Waals surface area contributed by atoms with Gasteiger partial charge < -0.3 is 20.3 Å². The second-order valence-corrected chi connectivity index (χ2v) is 9.12. The van der Waals surface area contributed by atoms with Gasteiger partial charge in [0.15, 0.2) is 0 Å². The lowest BCUT2D eigenvalue weighted by Gasteiger charge is -2.31. The molecule has 2 N–H and O–H groups in total. The molecular weight excluding hydrogens is 442 g/mol. The number of benzene rings is 2. The Morgan fingerprint density at radius 3 is 2.24 bits per heavy atom. The van der Waals surface area contributed by atoms with E-state index in [-0.39, 0.29) is 13.1 Å². The van der Waals surface area contributed by atoms with E-state index in [1.54, 1.807) is 39.8 Å².